The number of piperidine rings is 1. The Hall–Kier alpha value is -1.46. The Labute approximate surface area is 156 Å². The molecule has 0 aromatic carbocycles. The first kappa shape index (κ1) is 17.9. The van der Waals surface area contributed by atoms with Gasteiger partial charge in [-0.3, -0.25) is 9.78 Å². The number of likely N-dealkylation sites (tertiary alicyclic amines) is 1. The van der Waals surface area contributed by atoms with E-state index in [9.17, 15) is 4.79 Å². The second-order valence-electron chi connectivity index (χ2n) is 8.53. The number of hydrogen-bond acceptors (Lipinski definition) is 4. The molecular formula is C21H31N3O2. The number of primary amides is 1. The fourth-order valence-corrected chi connectivity index (χ4v) is 4.84. The number of carbonyl (C=O) groups is 1. The third kappa shape index (κ3) is 3.94. The number of rotatable bonds is 5. The van der Waals surface area contributed by atoms with Crippen LogP contribution in [0.5, 0.6) is 0 Å². The maximum absolute atomic E-state index is 11.1. The first-order valence-electron chi connectivity index (χ1n) is 10.2. The molecule has 2 N–H and O–H groups in total. The molecule has 0 atom stereocenters. The van der Waals surface area contributed by atoms with Gasteiger partial charge in [-0.2, -0.15) is 0 Å². The van der Waals surface area contributed by atoms with Crippen molar-refractivity contribution in [2.75, 3.05) is 13.1 Å². The van der Waals surface area contributed by atoms with Crippen LogP contribution in [0.15, 0.2) is 18.3 Å². The largest absolute Gasteiger partial charge is 0.372 e. The number of hydrogen-bond donors (Lipinski definition) is 1. The minimum Gasteiger partial charge on any atom is -0.372 e. The summed E-state index contributed by atoms with van der Waals surface area (Å²) < 4.78 is 6.10. The van der Waals surface area contributed by atoms with Crippen LogP contribution in [0.2, 0.25) is 0 Å². The van der Waals surface area contributed by atoms with Crippen LogP contribution in [-0.2, 0) is 11.3 Å². The minimum atomic E-state index is -0.439. The lowest BCUT2D eigenvalue weighted by atomic mass is 9.67. The van der Waals surface area contributed by atoms with Crippen molar-refractivity contribution < 1.29 is 9.53 Å². The molecule has 0 radical (unpaired) electrons. The zero-order valence-corrected chi connectivity index (χ0v) is 15.7. The lowest BCUT2D eigenvalue weighted by Gasteiger charge is -2.49. The van der Waals surface area contributed by atoms with E-state index in [-0.39, 0.29) is 0 Å². The Morgan fingerprint density at radius 3 is 2.42 bits per heavy atom. The van der Waals surface area contributed by atoms with Gasteiger partial charge in [0.15, 0.2) is 0 Å². The average Bonchev–Trinajstić information content (AvgIpc) is 2.62. The molecule has 3 fully saturated rings. The van der Waals surface area contributed by atoms with Crippen molar-refractivity contribution in [2.24, 2.45) is 11.1 Å². The summed E-state index contributed by atoms with van der Waals surface area (Å²) in [5.41, 5.74) is 7.14. The van der Waals surface area contributed by atoms with E-state index in [1.165, 1.54) is 77.1 Å². The smallest absolute Gasteiger partial charge is 0.250 e. The molecule has 5 heteroatoms. The van der Waals surface area contributed by atoms with Gasteiger partial charge in [-0.05, 0) is 82.0 Å². The molecule has 26 heavy (non-hydrogen) atoms. The molecule has 2 heterocycles. The van der Waals surface area contributed by atoms with E-state index in [0.29, 0.717) is 23.7 Å². The van der Waals surface area contributed by atoms with Gasteiger partial charge in [0, 0.05) is 12.2 Å². The molecule has 3 aliphatic rings. The second kappa shape index (κ2) is 7.65. The summed E-state index contributed by atoms with van der Waals surface area (Å²) in [5.74, 6) is -0.439. The van der Waals surface area contributed by atoms with E-state index in [4.69, 9.17) is 10.5 Å². The fraction of sp³-hybridized carbons (Fsp3) is 0.714. The van der Waals surface area contributed by atoms with Crippen molar-refractivity contribution >= 4 is 5.91 Å². The molecule has 142 valence electrons. The lowest BCUT2D eigenvalue weighted by Crippen LogP contribution is -2.48. The highest BCUT2D eigenvalue weighted by molar-refractivity contribution is 5.92. The molecule has 2 aliphatic carbocycles. The van der Waals surface area contributed by atoms with Crippen LogP contribution >= 0.6 is 0 Å². The van der Waals surface area contributed by atoms with Crippen molar-refractivity contribution in [1.82, 2.24) is 9.88 Å². The van der Waals surface area contributed by atoms with Crippen LogP contribution in [0.3, 0.4) is 0 Å². The minimum absolute atomic E-state index is 0.350. The van der Waals surface area contributed by atoms with E-state index < -0.39 is 5.91 Å². The van der Waals surface area contributed by atoms with Crippen molar-refractivity contribution in [3.8, 4) is 0 Å². The van der Waals surface area contributed by atoms with Crippen LogP contribution in [-0.4, -0.2) is 41.0 Å². The Kier molecular flexibility index (Phi) is 5.28. The summed E-state index contributed by atoms with van der Waals surface area (Å²) in [6, 6.07) is 4.46. The molecule has 5 nitrogen and oxygen atoms in total. The van der Waals surface area contributed by atoms with Gasteiger partial charge >= 0.3 is 0 Å². The second-order valence-corrected chi connectivity index (χ2v) is 8.53. The van der Waals surface area contributed by atoms with E-state index in [1.54, 1.807) is 6.07 Å². The highest BCUT2D eigenvalue weighted by Gasteiger charge is 2.40. The maximum atomic E-state index is 11.1. The molecule has 0 bridgehead atoms. The number of carbonyl (C=O) groups excluding carboxylic acids is 1. The summed E-state index contributed by atoms with van der Waals surface area (Å²) in [7, 11) is 0. The predicted molar refractivity (Wildman–Crippen MR) is 101 cm³/mol. The SMILES string of the molecule is NC(=O)c1ccc(COC2CCC3(CC2)CCN(C2CCC2)CC3)nc1. The molecule has 1 aromatic rings. The molecule has 1 amide bonds. The van der Waals surface area contributed by atoms with Crippen LogP contribution in [0.4, 0.5) is 0 Å². The number of amides is 1. The topological polar surface area (TPSA) is 68.5 Å². The molecule has 1 saturated heterocycles. The zero-order valence-electron chi connectivity index (χ0n) is 15.7. The number of nitrogens with zero attached hydrogens (tertiary/aromatic N) is 2. The van der Waals surface area contributed by atoms with Gasteiger partial charge in [0.05, 0.1) is 24.0 Å². The summed E-state index contributed by atoms with van der Waals surface area (Å²) in [6.07, 6.45) is 13.9. The van der Waals surface area contributed by atoms with Crippen LogP contribution in [0.25, 0.3) is 0 Å². The van der Waals surface area contributed by atoms with E-state index in [2.05, 4.69) is 9.88 Å². The molecule has 2 saturated carbocycles. The van der Waals surface area contributed by atoms with Gasteiger partial charge in [0.2, 0.25) is 5.91 Å². The van der Waals surface area contributed by atoms with Crippen LogP contribution in [0.1, 0.15) is 73.8 Å². The molecule has 1 aliphatic heterocycles. The van der Waals surface area contributed by atoms with E-state index in [1.807, 2.05) is 6.07 Å². The van der Waals surface area contributed by atoms with Gasteiger partial charge in [0.25, 0.3) is 0 Å². The third-order valence-electron chi connectivity index (χ3n) is 7.02. The third-order valence-corrected chi connectivity index (χ3v) is 7.02. The Morgan fingerprint density at radius 1 is 1.15 bits per heavy atom. The number of aromatic nitrogens is 1. The van der Waals surface area contributed by atoms with Gasteiger partial charge in [0.1, 0.15) is 0 Å². The summed E-state index contributed by atoms with van der Waals surface area (Å²) in [4.78, 5) is 18.1. The standard InChI is InChI=1S/C21H31N3O2/c22-20(25)16-4-5-17(23-14-16)15-26-19-6-8-21(9-7-19)10-12-24(13-11-21)18-2-1-3-18/h4-5,14,18-19H,1-3,6-13,15H2,(H2,22,25). The molecule has 0 unspecified atom stereocenters. The Balaban J connectivity index is 1.21. The number of nitrogens with two attached hydrogens (primary N) is 1. The van der Waals surface area contributed by atoms with Crippen molar-refractivity contribution in [3.63, 3.8) is 0 Å². The summed E-state index contributed by atoms with van der Waals surface area (Å²) in [5, 5.41) is 0. The predicted octanol–water partition coefficient (Wildman–Crippen LogP) is 3.27. The molecule has 4 rings (SSSR count). The fourth-order valence-electron chi connectivity index (χ4n) is 4.84. The zero-order chi connectivity index (χ0) is 18.0. The molecule has 1 aromatic heterocycles. The molecule has 1 spiro atoms. The van der Waals surface area contributed by atoms with Crippen LogP contribution in [0, 0.1) is 5.41 Å². The monoisotopic (exact) mass is 357 g/mol. The van der Waals surface area contributed by atoms with Gasteiger partial charge in [-0.25, -0.2) is 0 Å². The van der Waals surface area contributed by atoms with Crippen molar-refractivity contribution in [1.29, 1.82) is 0 Å². The Bertz CT molecular complexity index is 609. The maximum Gasteiger partial charge on any atom is 0.250 e. The quantitative estimate of drug-likeness (QED) is 0.878. The first-order chi connectivity index (χ1) is 12.6. The average molecular weight is 357 g/mol. The van der Waals surface area contributed by atoms with E-state index in [0.717, 1.165) is 11.7 Å². The van der Waals surface area contributed by atoms with Crippen molar-refractivity contribution in [2.45, 2.75) is 76.5 Å². The Morgan fingerprint density at radius 2 is 1.88 bits per heavy atom. The highest BCUT2D eigenvalue weighted by atomic mass is 16.5. The van der Waals surface area contributed by atoms with Crippen molar-refractivity contribution in [3.05, 3.63) is 29.6 Å². The first-order valence-corrected chi connectivity index (χ1v) is 10.2. The number of ether oxygens (including phenoxy) is 1. The van der Waals surface area contributed by atoms with E-state index >= 15 is 0 Å². The summed E-state index contributed by atoms with van der Waals surface area (Å²) in [6.45, 7) is 3.14. The summed E-state index contributed by atoms with van der Waals surface area (Å²) >= 11 is 0. The highest BCUT2D eigenvalue weighted by Crippen LogP contribution is 2.46. The number of pyridine rings is 1. The van der Waals surface area contributed by atoms with Gasteiger partial charge < -0.3 is 15.4 Å². The molecular weight excluding hydrogens is 326 g/mol. The normalized spacial score (nSPS) is 24.5. The van der Waals surface area contributed by atoms with Crippen LogP contribution < -0.4 is 5.73 Å². The lowest BCUT2D eigenvalue weighted by molar-refractivity contribution is -0.0395. The van der Waals surface area contributed by atoms with Gasteiger partial charge in [-0.15, -0.1) is 0 Å². The van der Waals surface area contributed by atoms with Gasteiger partial charge in [-0.1, -0.05) is 6.42 Å².